The Labute approximate surface area is 117 Å². The number of ether oxygens (including phenoxy) is 1. The Balaban J connectivity index is 2.71. The average Bonchev–Trinajstić information content (AvgIpc) is 2.30. The number of hydrogen-bond donors (Lipinski definition) is 2. The van der Waals surface area contributed by atoms with Crippen molar-refractivity contribution in [2.45, 2.75) is 38.8 Å². The summed E-state index contributed by atoms with van der Waals surface area (Å²) in [6, 6.07) is 3.02. The van der Waals surface area contributed by atoms with Crippen molar-refractivity contribution in [2.75, 3.05) is 6.54 Å². The number of carbonyl (C=O) groups is 1. The molecule has 0 aliphatic heterocycles. The summed E-state index contributed by atoms with van der Waals surface area (Å²) >= 11 is 0. The largest absolute Gasteiger partial charge is 0.444 e. The zero-order chi connectivity index (χ0) is 15.3. The van der Waals surface area contributed by atoms with Gasteiger partial charge in [0.1, 0.15) is 17.2 Å². The van der Waals surface area contributed by atoms with Crippen LogP contribution >= 0.6 is 0 Å². The van der Waals surface area contributed by atoms with Gasteiger partial charge in [-0.15, -0.1) is 0 Å². The molecule has 1 amide bonds. The molecule has 0 aliphatic carbocycles. The summed E-state index contributed by atoms with van der Waals surface area (Å²) in [7, 11) is 0. The highest BCUT2D eigenvalue weighted by Gasteiger charge is 2.21. The van der Waals surface area contributed by atoms with Gasteiger partial charge in [-0.3, -0.25) is 0 Å². The molecule has 1 aromatic rings. The third-order valence-corrected chi connectivity index (χ3v) is 2.52. The normalized spacial score (nSPS) is 12.9. The molecule has 0 saturated carbocycles. The van der Waals surface area contributed by atoms with Crippen LogP contribution in [0, 0.1) is 11.6 Å². The summed E-state index contributed by atoms with van der Waals surface area (Å²) in [6.45, 7) is 5.22. The summed E-state index contributed by atoms with van der Waals surface area (Å²) in [5, 5.41) is 2.51. The number of amides is 1. The number of hydrogen-bond acceptors (Lipinski definition) is 3. The molecule has 0 spiro atoms. The highest BCUT2D eigenvalue weighted by Crippen LogP contribution is 2.14. The highest BCUT2D eigenvalue weighted by atomic mass is 19.1. The maximum atomic E-state index is 13.5. The number of halogens is 2. The van der Waals surface area contributed by atoms with E-state index in [1.54, 1.807) is 20.8 Å². The van der Waals surface area contributed by atoms with Gasteiger partial charge in [-0.1, -0.05) is 6.07 Å². The Morgan fingerprint density at radius 2 is 1.90 bits per heavy atom. The number of benzene rings is 1. The average molecular weight is 286 g/mol. The Bertz CT molecular complexity index is 452. The molecular weight excluding hydrogens is 266 g/mol. The predicted octanol–water partition coefficient (Wildman–Crippen LogP) is 2.36. The molecule has 0 radical (unpaired) electrons. The standard InChI is InChI=1S/C14H20F2N2O2/c1-14(2,3)20-13(19)18-9(8-17)7-10-11(15)5-4-6-12(10)16/h4-6,9H,7-8,17H2,1-3H3,(H,18,19). The van der Waals surface area contributed by atoms with Gasteiger partial charge in [0.15, 0.2) is 0 Å². The van der Waals surface area contributed by atoms with Crippen LogP contribution in [0.4, 0.5) is 13.6 Å². The minimum Gasteiger partial charge on any atom is -0.444 e. The first-order valence-electron chi connectivity index (χ1n) is 6.35. The number of nitrogens with one attached hydrogen (secondary N) is 1. The van der Waals surface area contributed by atoms with Gasteiger partial charge in [0.05, 0.1) is 0 Å². The van der Waals surface area contributed by atoms with Crippen LogP contribution in [0.5, 0.6) is 0 Å². The van der Waals surface area contributed by atoms with E-state index < -0.39 is 29.4 Å². The topological polar surface area (TPSA) is 64.3 Å². The van der Waals surface area contributed by atoms with E-state index in [4.69, 9.17) is 10.5 Å². The maximum absolute atomic E-state index is 13.5. The molecule has 1 rings (SSSR count). The molecule has 1 aromatic carbocycles. The van der Waals surface area contributed by atoms with E-state index in [1.165, 1.54) is 18.2 Å². The fourth-order valence-corrected chi connectivity index (χ4v) is 1.64. The van der Waals surface area contributed by atoms with Crippen LogP contribution in [-0.4, -0.2) is 24.3 Å². The van der Waals surface area contributed by atoms with Gasteiger partial charge < -0.3 is 15.8 Å². The Kier molecular flexibility index (Phi) is 5.44. The molecule has 0 saturated heterocycles. The summed E-state index contributed by atoms with van der Waals surface area (Å²) in [5.74, 6) is -1.32. The van der Waals surface area contributed by atoms with Crippen LogP contribution in [0.25, 0.3) is 0 Å². The van der Waals surface area contributed by atoms with Gasteiger partial charge in [0.25, 0.3) is 0 Å². The van der Waals surface area contributed by atoms with Crippen LogP contribution in [-0.2, 0) is 11.2 Å². The lowest BCUT2D eigenvalue weighted by atomic mass is 10.0. The van der Waals surface area contributed by atoms with Crippen molar-refractivity contribution in [1.29, 1.82) is 0 Å². The van der Waals surface area contributed by atoms with Crippen molar-refractivity contribution in [3.63, 3.8) is 0 Å². The van der Waals surface area contributed by atoms with Gasteiger partial charge in [-0.25, -0.2) is 13.6 Å². The van der Waals surface area contributed by atoms with Crippen molar-refractivity contribution >= 4 is 6.09 Å². The monoisotopic (exact) mass is 286 g/mol. The van der Waals surface area contributed by atoms with Gasteiger partial charge in [-0.2, -0.15) is 0 Å². The van der Waals surface area contributed by atoms with E-state index in [2.05, 4.69) is 5.32 Å². The van der Waals surface area contributed by atoms with Gasteiger partial charge in [-0.05, 0) is 39.3 Å². The fourth-order valence-electron chi connectivity index (χ4n) is 1.64. The lowest BCUT2D eigenvalue weighted by molar-refractivity contribution is 0.0505. The maximum Gasteiger partial charge on any atom is 0.407 e. The van der Waals surface area contributed by atoms with E-state index in [-0.39, 0.29) is 18.5 Å². The second kappa shape index (κ2) is 6.65. The summed E-state index contributed by atoms with van der Waals surface area (Å²) < 4.78 is 32.1. The Hall–Kier alpha value is -1.69. The number of rotatable bonds is 4. The third-order valence-electron chi connectivity index (χ3n) is 2.52. The Morgan fingerprint density at radius 1 is 1.35 bits per heavy atom. The smallest absolute Gasteiger partial charge is 0.407 e. The van der Waals surface area contributed by atoms with Gasteiger partial charge in [0, 0.05) is 18.2 Å². The highest BCUT2D eigenvalue weighted by molar-refractivity contribution is 5.68. The second-order valence-corrected chi connectivity index (χ2v) is 5.48. The van der Waals surface area contributed by atoms with Crippen LogP contribution in [0.3, 0.4) is 0 Å². The number of carbonyl (C=O) groups excluding carboxylic acids is 1. The molecular formula is C14H20F2N2O2. The fraction of sp³-hybridized carbons (Fsp3) is 0.500. The molecule has 0 aromatic heterocycles. The van der Waals surface area contributed by atoms with Crippen molar-refractivity contribution in [3.8, 4) is 0 Å². The number of nitrogens with two attached hydrogens (primary N) is 1. The van der Waals surface area contributed by atoms with E-state index in [9.17, 15) is 13.6 Å². The molecule has 0 fully saturated rings. The minimum atomic E-state index is -0.662. The summed E-state index contributed by atoms with van der Waals surface area (Å²) in [6.07, 6.45) is -0.696. The first kappa shape index (κ1) is 16.4. The molecule has 4 nitrogen and oxygen atoms in total. The second-order valence-electron chi connectivity index (χ2n) is 5.48. The summed E-state index contributed by atoms with van der Waals surface area (Å²) in [5.41, 5.74) is 4.77. The minimum absolute atomic E-state index is 0.0335. The van der Waals surface area contributed by atoms with E-state index in [1.807, 2.05) is 0 Å². The molecule has 112 valence electrons. The van der Waals surface area contributed by atoms with Crippen LogP contribution < -0.4 is 11.1 Å². The zero-order valence-electron chi connectivity index (χ0n) is 11.9. The van der Waals surface area contributed by atoms with E-state index >= 15 is 0 Å². The molecule has 20 heavy (non-hydrogen) atoms. The first-order valence-corrected chi connectivity index (χ1v) is 6.35. The van der Waals surface area contributed by atoms with Crippen molar-refractivity contribution < 1.29 is 18.3 Å². The molecule has 6 heteroatoms. The van der Waals surface area contributed by atoms with Crippen molar-refractivity contribution in [3.05, 3.63) is 35.4 Å². The van der Waals surface area contributed by atoms with Gasteiger partial charge >= 0.3 is 6.09 Å². The molecule has 1 unspecified atom stereocenters. The van der Waals surface area contributed by atoms with Crippen LogP contribution in [0.15, 0.2) is 18.2 Å². The molecule has 0 aliphatic rings. The molecule has 1 atom stereocenters. The van der Waals surface area contributed by atoms with E-state index in [0.717, 1.165) is 0 Å². The molecule has 0 bridgehead atoms. The van der Waals surface area contributed by atoms with E-state index in [0.29, 0.717) is 0 Å². The lowest BCUT2D eigenvalue weighted by Gasteiger charge is -2.23. The van der Waals surface area contributed by atoms with Crippen molar-refractivity contribution in [2.24, 2.45) is 5.73 Å². The molecule has 0 heterocycles. The first-order chi connectivity index (χ1) is 9.23. The number of alkyl carbamates (subject to hydrolysis) is 1. The van der Waals surface area contributed by atoms with Crippen LogP contribution in [0.1, 0.15) is 26.3 Å². The van der Waals surface area contributed by atoms with Gasteiger partial charge in [0.2, 0.25) is 0 Å². The lowest BCUT2D eigenvalue weighted by Crippen LogP contribution is -2.44. The Morgan fingerprint density at radius 3 is 2.35 bits per heavy atom. The quantitative estimate of drug-likeness (QED) is 0.893. The predicted molar refractivity (Wildman–Crippen MR) is 72.3 cm³/mol. The summed E-state index contributed by atoms with van der Waals surface area (Å²) in [4.78, 5) is 11.6. The van der Waals surface area contributed by atoms with Crippen molar-refractivity contribution in [1.82, 2.24) is 5.32 Å². The zero-order valence-corrected chi connectivity index (χ0v) is 11.9. The molecule has 3 N–H and O–H groups in total. The third kappa shape index (κ3) is 5.13. The van der Waals surface area contributed by atoms with Crippen LogP contribution in [0.2, 0.25) is 0 Å². The SMILES string of the molecule is CC(C)(C)OC(=O)NC(CN)Cc1c(F)cccc1F.